The molecule has 5 nitrogen and oxygen atoms in total. The molecule has 0 unspecified atom stereocenters. The summed E-state index contributed by atoms with van der Waals surface area (Å²) in [6.45, 7) is 2.30. The van der Waals surface area contributed by atoms with Gasteiger partial charge in [-0.05, 0) is 54.4 Å². The number of hydrogen-bond donors (Lipinski definition) is 0. The van der Waals surface area contributed by atoms with E-state index in [0.29, 0.717) is 45.8 Å². The second-order valence-electron chi connectivity index (χ2n) is 10.4. The van der Waals surface area contributed by atoms with E-state index in [1.165, 1.54) is 13.2 Å². The Hall–Kier alpha value is -4.32. The van der Waals surface area contributed by atoms with Gasteiger partial charge in [0.05, 0.1) is 24.2 Å². The topological polar surface area (TPSA) is 51.5 Å². The molecule has 2 aliphatic rings. The third kappa shape index (κ3) is 3.84. The van der Waals surface area contributed by atoms with Crippen molar-refractivity contribution in [1.82, 2.24) is 4.57 Å². The van der Waals surface area contributed by atoms with Crippen molar-refractivity contribution in [2.45, 2.75) is 25.4 Å². The molecule has 0 bridgehead atoms. The first-order valence-electron chi connectivity index (χ1n) is 13.3. The van der Waals surface area contributed by atoms with Crippen molar-refractivity contribution < 1.29 is 14.3 Å². The number of halogens is 2. The summed E-state index contributed by atoms with van der Waals surface area (Å²) in [5.41, 5.74) is 3.61. The van der Waals surface area contributed by atoms with E-state index in [0.717, 1.165) is 22.0 Å². The van der Waals surface area contributed by atoms with Crippen LogP contribution in [0.15, 0.2) is 109 Å². The van der Waals surface area contributed by atoms with Gasteiger partial charge in [-0.15, -0.1) is 0 Å². The number of fused-ring (bicyclic) bond motifs is 6. The van der Waals surface area contributed by atoms with Crippen molar-refractivity contribution in [1.29, 1.82) is 0 Å². The van der Waals surface area contributed by atoms with Gasteiger partial charge in [-0.3, -0.25) is 9.59 Å². The van der Waals surface area contributed by atoms with Gasteiger partial charge >= 0.3 is 0 Å². The number of amides is 1. The summed E-state index contributed by atoms with van der Waals surface area (Å²) < 4.78 is 8.34. The average Bonchev–Trinajstić information content (AvgIpc) is 3.39. The van der Waals surface area contributed by atoms with Gasteiger partial charge in [0.15, 0.2) is 5.78 Å². The maximum Gasteiger partial charge on any atom is 0.247 e. The second kappa shape index (κ2) is 9.65. The zero-order valence-corrected chi connectivity index (χ0v) is 23.6. The highest BCUT2D eigenvalue weighted by atomic mass is 35.5. The summed E-state index contributed by atoms with van der Waals surface area (Å²) in [4.78, 5) is 30.2. The van der Waals surface area contributed by atoms with Crippen LogP contribution in [0.2, 0.25) is 10.0 Å². The van der Waals surface area contributed by atoms with E-state index in [1.807, 2.05) is 89.5 Å². The number of ether oxygens (including phenoxy) is 1. The summed E-state index contributed by atoms with van der Waals surface area (Å²) >= 11 is 13.2. The quantitative estimate of drug-likeness (QED) is 0.215. The molecule has 1 atom stereocenters. The lowest BCUT2D eigenvalue weighted by Crippen LogP contribution is -2.45. The molecule has 0 saturated carbocycles. The van der Waals surface area contributed by atoms with E-state index in [-0.39, 0.29) is 17.3 Å². The van der Waals surface area contributed by atoms with E-state index in [1.54, 1.807) is 17.0 Å². The van der Waals surface area contributed by atoms with Gasteiger partial charge in [0, 0.05) is 32.2 Å². The van der Waals surface area contributed by atoms with E-state index in [4.69, 9.17) is 27.9 Å². The Balaban J connectivity index is 1.55. The fourth-order valence-corrected chi connectivity index (χ4v) is 6.64. The summed E-state index contributed by atoms with van der Waals surface area (Å²) in [7, 11) is 0. The zero-order valence-electron chi connectivity index (χ0n) is 22.1. The summed E-state index contributed by atoms with van der Waals surface area (Å²) in [6, 6.07) is 30.9. The monoisotopic (exact) mass is 578 g/mol. The molecular weight excluding hydrogens is 555 g/mol. The SMILES string of the molecule is CC(=O)C1=COc2c(c3cc(Cl)ccc3n2Cc2ccccc2)[C@]12C(=O)N(Cc1ccccc1)c1ccc(Cl)cc12. The van der Waals surface area contributed by atoms with Gasteiger partial charge in [0.1, 0.15) is 11.7 Å². The number of nitrogens with zero attached hydrogens (tertiary/aromatic N) is 2. The van der Waals surface area contributed by atoms with Crippen molar-refractivity contribution in [3.8, 4) is 5.88 Å². The Morgan fingerprint density at radius 3 is 2.15 bits per heavy atom. The Morgan fingerprint density at radius 1 is 0.829 bits per heavy atom. The van der Waals surface area contributed by atoms with Crippen LogP contribution in [0.1, 0.15) is 29.2 Å². The van der Waals surface area contributed by atoms with Crippen molar-refractivity contribution in [2.24, 2.45) is 0 Å². The Morgan fingerprint density at radius 2 is 1.46 bits per heavy atom. The van der Waals surface area contributed by atoms with E-state index in [9.17, 15) is 4.79 Å². The number of carbonyl (C=O) groups is 2. The van der Waals surface area contributed by atoms with Crippen LogP contribution in [0.3, 0.4) is 0 Å². The van der Waals surface area contributed by atoms with Crippen LogP contribution in [-0.2, 0) is 28.1 Å². The number of hydrogen-bond acceptors (Lipinski definition) is 3. The first-order valence-corrected chi connectivity index (χ1v) is 14.1. The van der Waals surface area contributed by atoms with E-state index in [2.05, 4.69) is 0 Å². The third-order valence-electron chi connectivity index (χ3n) is 8.01. The smallest absolute Gasteiger partial charge is 0.247 e. The first-order chi connectivity index (χ1) is 19.9. The molecule has 0 N–H and O–H groups in total. The summed E-state index contributed by atoms with van der Waals surface area (Å²) in [5.74, 6) is 0.00258. The van der Waals surface area contributed by atoms with Crippen LogP contribution < -0.4 is 9.64 Å². The lowest BCUT2D eigenvalue weighted by Gasteiger charge is -2.34. The lowest BCUT2D eigenvalue weighted by molar-refractivity contribution is -0.123. The van der Waals surface area contributed by atoms with Crippen molar-refractivity contribution in [2.75, 3.05) is 4.90 Å². The minimum Gasteiger partial charge on any atom is -0.448 e. The predicted molar refractivity (Wildman–Crippen MR) is 162 cm³/mol. The molecule has 0 aliphatic carbocycles. The minimum absolute atomic E-state index is 0.233. The number of aromatic nitrogens is 1. The van der Waals surface area contributed by atoms with Crippen LogP contribution in [0.25, 0.3) is 10.9 Å². The van der Waals surface area contributed by atoms with Gasteiger partial charge < -0.3 is 14.2 Å². The number of Topliss-reactive ketones (excluding diaryl/α,β-unsaturated/α-hetero) is 1. The van der Waals surface area contributed by atoms with Gasteiger partial charge in [-0.2, -0.15) is 0 Å². The molecule has 5 aromatic rings. The molecular formula is C34H24Cl2N2O3. The largest absolute Gasteiger partial charge is 0.448 e. The molecule has 41 heavy (non-hydrogen) atoms. The van der Waals surface area contributed by atoms with Crippen LogP contribution in [-0.4, -0.2) is 16.3 Å². The molecule has 1 aromatic heterocycles. The molecule has 0 saturated heterocycles. The van der Waals surface area contributed by atoms with Crippen molar-refractivity contribution in [3.63, 3.8) is 0 Å². The second-order valence-corrected chi connectivity index (χ2v) is 11.3. The lowest BCUT2D eigenvalue weighted by atomic mass is 9.68. The van der Waals surface area contributed by atoms with Crippen LogP contribution >= 0.6 is 23.2 Å². The van der Waals surface area contributed by atoms with E-state index >= 15 is 4.79 Å². The summed E-state index contributed by atoms with van der Waals surface area (Å²) in [5, 5.41) is 1.74. The molecule has 0 fully saturated rings. The maximum atomic E-state index is 15.0. The third-order valence-corrected chi connectivity index (χ3v) is 8.48. The van der Waals surface area contributed by atoms with Crippen LogP contribution in [0, 0.1) is 0 Å². The number of rotatable bonds is 5. The summed E-state index contributed by atoms with van der Waals surface area (Å²) in [6.07, 6.45) is 1.45. The standard InChI is InChI=1S/C34H24Cl2N2O3/c1-21(39)28-20-41-32-31(26-16-24(35)12-14-29(26)37(32)18-22-8-4-2-5-9-22)34(28)27-17-25(36)13-15-30(27)38(33(34)40)19-23-10-6-3-7-11-23/h2-17,20H,18-19H2,1H3/t34-/m1/s1. The molecule has 2 aliphatic heterocycles. The number of anilines is 1. The van der Waals surface area contributed by atoms with Crippen LogP contribution in [0.4, 0.5) is 5.69 Å². The van der Waals surface area contributed by atoms with Crippen LogP contribution in [0.5, 0.6) is 5.88 Å². The van der Waals surface area contributed by atoms with Gasteiger partial charge in [0.2, 0.25) is 11.8 Å². The number of benzene rings is 4. The highest BCUT2D eigenvalue weighted by molar-refractivity contribution is 6.32. The zero-order chi connectivity index (χ0) is 28.3. The molecule has 0 radical (unpaired) electrons. The Bertz CT molecular complexity index is 1900. The average molecular weight is 579 g/mol. The highest BCUT2D eigenvalue weighted by Crippen LogP contribution is 2.58. The van der Waals surface area contributed by atoms with E-state index < -0.39 is 5.41 Å². The Kier molecular flexibility index (Phi) is 6.03. The molecule has 7 rings (SSSR count). The molecule has 4 aromatic carbocycles. The molecule has 7 heteroatoms. The van der Waals surface area contributed by atoms with Gasteiger partial charge in [0.25, 0.3) is 0 Å². The molecule has 3 heterocycles. The van der Waals surface area contributed by atoms with Crippen molar-refractivity contribution in [3.05, 3.63) is 141 Å². The molecule has 202 valence electrons. The predicted octanol–water partition coefficient (Wildman–Crippen LogP) is 7.69. The fraction of sp³-hybridized carbons (Fsp3) is 0.118. The minimum atomic E-state index is -1.47. The highest BCUT2D eigenvalue weighted by Gasteiger charge is 2.60. The number of ketones is 1. The normalized spacial score (nSPS) is 17.4. The van der Waals surface area contributed by atoms with Gasteiger partial charge in [-0.25, -0.2) is 0 Å². The Labute approximate surface area is 247 Å². The maximum absolute atomic E-state index is 15.0. The van der Waals surface area contributed by atoms with Crippen molar-refractivity contribution >= 4 is 51.5 Å². The molecule has 1 amide bonds. The first kappa shape index (κ1) is 25.6. The molecule has 1 spiro atoms. The van der Waals surface area contributed by atoms with Gasteiger partial charge in [-0.1, -0.05) is 83.9 Å². The fourth-order valence-electron chi connectivity index (χ4n) is 6.29. The number of carbonyl (C=O) groups excluding carboxylic acids is 2.